The molecular formula is C15H13FN2O2S2. The minimum atomic E-state index is -3.58. The average Bonchev–Trinajstić information content (AvgIpc) is 2.60. The first-order chi connectivity index (χ1) is 10.5. The summed E-state index contributed by atoms with van der Waals surface area (Å²) in [7, 11) is -3.58. The van der Waals surface area contributed by atoms with Gasteiger partial charge in [-0.15, -0.1) is 0 Å². The predicted octanol–water partition coefficient (Wildman–Crippen LogP) is 2.45. The Kier molecular flexibility index (Phi) is 3.94. The van der Waals surface area contributed by atoms with Crippen LogP contribution in [0.25, 0.3) is 0 Å². The zero-order valence-electron chi connectivity index (χ0n) is 11.5. The third-order valence-corrected chi connectivity index (χ3v) is 5.23. The maximum atomic E-state index is 13.0. The second-order valence-corrected chi connectivity index (χ2v) is 7.11. The van der Waals surface area contributed by atoms with Crippen LogP contribution in [0.2, 0.25) is 0 Å². The minimum absolute atomic E-state index is 0.0630. The van der Waals surface area contributed by atoms with Crippen LogP contribution in [0.3, 0.4) is 0 Å². The molecule has 0 saturated carbocycles. The van der Waals surface area contributed by atoms with E-state index in [0.717, 1.165) is 5.56 Å². The monoisotopic (exact) mass is 336 g/mol. The molecule has 3 rings (SSSR count). The Labute approximate surface area is 133 Å². The van der Waals surface area contributed by atoms with Crippen LogP contribution in [0.15, 0.2) is 53.4 Å². The van der Waals surface area contributed by atoms with Gasteiger partial charge in [0.1, 0.15) is 10.7 Å². The molecule has 0 bridgehead atoms. The van der Waals surface area contributed by atoms with Gasteiger partial charge >= 0.3 is 0 Å². The van der Waals surface area contributed by atoms with Gasteiger partial charge in [-0.1, -0.05) is 36.5 Å². The summed E-state index contributed by atoms with van der Waals surface area (Å²) < 4.78 is 40.0. The molecule has 0 unspecified atom stereocenters. The van der Waals surface area contributed by atoms with Crippen LogP contribution in [0, 0.1) is 5.82 Å². The molecule has 1 aliphatic heterocycles. The highest BCUT2D eigenvalue weighted by Gasteiger charge is 2.28. The Morgan fingerprint density at radius 2 is 1.82 bits per heavy atom. The van der Waals surface area contributed by atoms with Gasteiger partial charge in [-0.25, -0.2) is 17.5 Å². The lowest BCUT2D eigenvalue weighted by Gasteiger charge is -2.24. The van der Waals surface area contributed by atoms with Gasteiger partial charge in [0.05, 0.1) is 17.2 Å². The van der Waals surface area contributed by atoms with E-state index >= 15 is 0 Å². The predicted molar refractivity (Wildman–Crippen MR) is 86.8 cm³/mol. The summed E-state index contributed by atoms with van der Waals surface area (Å²) in [5.74, 6) is -0.313. The standard InChI is InChI=1S/C15H13FN2O2S2/c16-12-7-5-11(6-8-12)10-18-13-3-1-2-4-14(13)22(19,20)17-9-15(18)21/h1-8,17H,9-10H2. The Balaban J connectivity index is 2.05. The smallest absolute Gasteiger partial charge is 0.243 e. The van der Waals surface area contributed by atoms with Gasteiger partial charge in [-0.2, -0.15) is 0 Å². The zero-order chi connectivity index (χ0) is 15.7. The van der Waals surface area contributed by atoms with Crippen LogP contribution in [-0.2, 0) is 16.6 Å². The van der Waals surface area contributed by atoms with Crippen LogP contribution in [0.4, 0.5) is 10.1 Å². The Bertz CT molecular complexity index is 820. The molecule has 0 spiro atoms. The maximum absolute atomic E-state index is 13.0. The molecular weight excluding hydrogens is 323 g/mol. The van der Waals surface area contributed by atoms with Crippen LogP contribution < -0.4 is 9.62 Å². The van der Waals surface area contributed by atoms with Crippen molar-refractivity contribution >= 4 is 32.9 Å². The number of nitrogens with one attached hydrogen (secondary N) is 1. The average molecular weight is 336 g/mol. The molecule has 0 radical (unpaired) electrons. The molecule has 0 saturated heterocycles. The first-order valence-electron chi connectivity index (χ1n) is 6.61. The van der Waals surface area contributed by atoms with Gasteiger partial charge in [-0.3, -0.25) is 0 Å². The second kappa shape index (κ2) is 5.75. The first kappa shape index (κ1) is 15.1. The van der Waals surface area contributed by atoms with Crippen molar-refractivity contribution < 1.29 is 12.8 Å². The van der Waals surface area contributed by atoms with Crippen molar-refractivity contribution in [1.82, 2.24) is 4.72 Å². The maximum Gasteiger partial charge on any atom is 0.243 e. The van der Waals surface area contributed by atoms with Gasteiger partial charge in [-0.05, 0) is 29.8 Å². The first-order valence-corrected chi connectivity index (χ1v) is 8.50. The molecule has 22 heavy (non-hydrogen) atoms. The quantitative estimate of drug-likeness (QED) is 0.856. The number of hydrogen-bond donors (Lipinski definition) is 1. The number of para-hydroxylation sites is 1. The minimum Gasteiger partial charge on any atom is -0.329 e. The van der Waals surface area contributed by atoms with E-state index in [4.69, 9.17) is 12.2 Å². The van der Waals surface area contributed by atoms with Crippen LogP contribution >= 0.6 is 12.2 Å². The summed E-state index contributed by atoms with van der Waals surface area (Å²) in [4.78, 5) is 2.42. The van der Waals surface area contributed by atoms with Gasteiger partial charge in [0, 0.05) is 6.54 Å². The zero-order valence-corrected chi connectivity index (χ0v) is 13.1. The molecule has 4 nitrogen and oxygen atoms in total. The lowest BCUT2D eigenvalue weighted by Crippen LogP contribution is -2.34. The highest BCUT2D eigenvalue weighted by molar-refractivity contribution is 7.90. The van der Waals surface area contributed by atoms with Crippen molar-refractivity contribution in [3.63, 3.8) is 0 Å². The lowest BCUT2D eigenvalue weighted by atomic mass is 10.2. The SMILES string of the molecule is O=S1(=O)NCC(=S)N(Cc2ccc(F)cc2)c2ccccc21. The summed E-state index contributed by atoms with van der Waals surface area (Å²) in [6.45, 7) is 0.445. The van der Waals surface area contributed by atoms with Gasteiger partial charge in [0.25, 0.3) is 0 Å². The summed E-state index contributed by atoms with van der Waals surface area (Å²) in [5.41, 5.74) is 1.37. The molecule has 0 aliphatic carbocycles. The van der Waals surface area contributed by atoms with E-state index in [1.807, 2.05) is 0 Å². The molecule has 0 amide bonds. The number of fused-ring (bicyclic) bond motifs is 1. The number of benzene rings is 2. The Morgan fingerprint density at radius 3 is 2.55 bits per heavy atom. The molecule has 0 aromatic heterocycles. The van der Waals surface area contributed by atoms with Crippen molar-refractivity contribution in [2.75, 3.05) is 11.4 Å². The number of sulfonamides is 1. The van der Waals surface area contributed by atoms with Crippen molar-refractivity contribution in [2.24, 2.45) is 0 Å². The van der Waals surface area contributed by atoms with Gasteiger partial charge in [0.2, 0.25) is 10.0 Å². The highest BCUT2D eigenvalue weighted by Crippen LogP contribution is 2.29. The third kappa shape index (κ3) is 2.87. The molecule has 1 N–H and O–H groups in total. The summed E-state index contributed by atoms with van der Waals surface area (Å²) >= 11 is 5.34. The van der Waals surface area contributed by atoms with Crippen LogP contribution in [0.1, 0.15) is 5.56 Å². The molecule has 7 heteroatoms. The van der Waals surface area contributed by atoms with Crippen molar-refractivity contribution in [2.45, 2.75) is 11.4 Å². The van der Waals surface area contributed by atoms with E-state index < -0.39 is 10.0 Å². The fraction of sp³-hybridized carbons (Fsp3) is 0.133. The number of rotatable bonds is 2. The summed E-state index contributed by atoms with van der Waals surface area (Å²) in [6.07, 6.45) is 0. The molecule has 1 aliphatic rings. The Morgan fingerprint density at radius 1 is 1.14 bits per heavy atom. The number of thiocarbonyl (C=S) groups is 1. The summed E-state index contributed by atoms with van der Waals surface area (Å²) in [5, 5.41) is 0. The van der Waals surface area contributed by atoms with E-state index in [1.165, 1.54) is 12.1 Å². The molecule has 0 fully saturated rings. The van der Waals surface area contributed by atoms with E-state index in [9.17, 15) is 12.8 Å². The van der Waals surface area contributed by atoms with E-state index in [-0.39, 0.29) is 17.3 Å². The number of anilines is 1. The topological polar surface area (TPSA) is 49.4 Å². The third-order valence-electron chi connectivity index (χ3n) is 3.41. The fourth-order valence-corrected chi connectivity index (χ4v) is 3.84. The van der Waals surface area contributed by atoms with Crippen molar-refractivity contribution in [1.29, 1.82) is 0 Å². The number of hydrogen-bond acceptors (Lipinski definition) is 3. The van der Waals surface area contributed by atoms with Crippen LogP contribution in [-0.4, -0.2) is 20.0 Å². The molecule has 0 atom stereocenters. The molecule has 114 valence electrons. The fourth-order valence-electron chi connectivity index (χ4n) is 2.32. The van der Waals surface area contributed by atoms with E-state index in [2.05, 4.69) is 4.72 Å². The van der Waals surface area contributed by atoms with Crippen LogP contribution in [0.5, 0.6) is 0 Å². The van der Waals surface area contributed by atoms with Gasteiger partial charge in [0.15, 0.2) is 0 Å². The largest absolute Gasteiger partial charge is 0.329 e. The molecule has 2 aromatic carbocycles. The van der Waals surface area contributed by atoms with Gasteiger partial charge < -0.3 is 4.90 Å². The Hall–Kier alpha value is -1.83. The summed E-state index contributed by atoms with van der Waals surface area (Å²) in [6, 6.07) is 12.8. The van der Waals surface area contributed by atoms with E-state index in [0.29, 0.717) is 17.2 Å². The van der Waals surface area contributed by atoms with Crippen molar-refractivity contribution in [3.8, 4) is 0 Å². The molecule has 2 aromatic rings. The second-order valence-electron chi connectivity index (χ2n) is 4.90. The van der Waals surface area contributed by atoms with E-state index in [1.54, 1.807) is 41.3 Å². The number of nitrogens with zero attached hydrogens (tertiary/aromatic N) is 1. The number of halogens is 1. The normalized spacial score (nSPS) is 17.0. The lowest BCUT2D eigenvalue weighted by molar-refractivity contribution is 0.587. The molecule has 1 heterocycles. The van der Waals surface area contributed by atoms with Crippen molar-refractivity contribution in [3.05, 3.63) is 59.9 Å². The highest BCUT2D eigenvalue weighted by atomic mass is 32.2.